The predicted octanol–water partition coefficient (Wildman–Crippen LogP) is 1.88. The number of hydrazone groups is 1. The molecule has 1 aliphatic rings. The number of guanidine groups is 1. The molecule has 0 spiro atoms. The minimum absolute atomic E-state index is 0.149. The number of hydrogen-bond acceptors (Lipinski definition) is 3. The van der Waals surface area contributed by atoms with E-state index in [4.69, 9.17) is 11.1 Å². The Bertz CT molecular complexity index is 457. The number of rotatable bonds is 3. The standard InChI is InChI=1S/C14H21N5/c1-11(17-18-14(15)16)12-5-7-13(8-6-12)19-9-3-2-4-10-19/h5-8H,2-4,9-10H2,1H3,(H4,15,16,18). The first kappa shape index (κ1) is 13.4. The van der Waals surface area contributed by atoms with Crippen molar-refractivity contribution in [3.8, 4) is 0 Å². The van der Waals surface area contributed by atoms with E-state index in [0.29, 0.717) is 0 Å². The van der Waals surface area contributed by atoms with Crippen LogP contribution in [0.1, 0.15) is 31.7 Å². The lowest BCUT2D eigenvalue weighted by Crippen LogP contribution is -2.29. The topological polar surface area (TPSA) is 77.5 Å². The number of anilines is 1. The second-order valence-electron chi connectivity index (χ2n) is 4.82. The van der Waals surface area contributed by atoms with Gasteiger partial charge in [-0.3, -0.25) is 5.41 Å². The summed E-state index contributed by atoms with van der Waals surface area (Å²) < 4.78 is 0. The summed E-state index contributed by atoms with van der Waals surface area (Å²) in [5.41, 5.74) is 10.8. The highest BCUT2D eigenvalue weighted by Crippen LogP contribution is 2.20. The second kappa shape index (κ2) is 6.22. The lowest BCUT2D eigenvalue weighted by atomic mass is 10.1. The molecule has 0 amide bonds. The summed E-state index contributed by atoms with van der Waals surface area (Å²) in [7, 11) is 0. The first-order valence-electron chi connectivity index (χ1n) is 6.66. The van der Waals surface area contributed by atoms with Crippen LogP contribution in [0.15, 0.2) is 29.4 Å². The molecule has 1 heterocycles. The van der Waals surface area contributed by atoms with E-state index < -0.39 is 0 Å². The molecule has 4 N–H and O–H groups in total. The van der Waals surface area contributed by atoms with Crippen LogP contribution in [-0.4, -0.2) is 24.8 Å². The van der Waals surface area contributed by atoms with Gasteiger partial charge in [0, 0.05) is 18.8 Å². The monoisotopic (exact) mass is 259 g/mol. The van der Waals surface area contributed by atoms with Crippen LogP contribution < -0.4 is 16.1 Å². The van der Waals surface area contributed by atoms with Gasteiger partial charge in [0.15, 0.2) is 0 Å². The lowest BCUT2D eigenvalue weighted by Gasteiger charge is -2.28. The highest BCUT2D eigenvalue weighted by atomic mass is 15.3. The van der Waals surface area contributed by atoms with Crippen LogP contribution in [-0.2, 0) is 0 Å². The molecule has 19 heavy (non-hydrogen) atoms. The summed E-state index contributed by atoms with van der Waals surface area (Å²) in [6.07, 6.45) is 3.91. The predicted molar refractivity (Wildman–Crippen MR) is 79.8 cm³/mol. The zero-order valence-electron chi connectivity index (χ0n) is 11.3. The smallest absolute Gasteiger partial charge is 0.206 e. The summed E-state index contributed by atoms with van der Waals surface area (Å²) in [6, 6.07) is 8.38. The second-order valence-corrected chi connectivity index (χ2v) is 4.82. The van der Waals surface area contributed by atoms with Gasteiger partial charge in [0.05, 0.1) is 5.71 Å². The van der Waals surface area contributed by atoms with Gasteiger partial charge in [-0.15, -0.1) is 0 Å². The van der Waals surface area contributed by atoms with E-state index >= 15 is 0 Å². The molecule has 0 unspecified atom stereocenters. The Hall–Kier alpha value is -2.04. The summed E-state index contributed by atoms with van der Waals surface area (Å²) in [5.74, 6) is -0.149. The van der Waals surface area contributed by atoms with Crippen molar-refractivity contribution in [2.75, 3.05) is 18.0 Å². The van der Waals surface area contributed by atoms with Crippen molar-refractivity contribution in [2.45, 2.75) is 26.2 Å². The first-order valence-corrected chi connectivity index (χ1v) is 6.66. The minimum Gasteiger partial charge on any atom is -0.372 e. The van der Waals surface area contributed by atoms with Gasteiger partial charge in [-0.25, -0.2) is 5.43 Å². The molecule has 5 nitrogen and oxygen atoms in total. The lowest BCUT2D eigenvalue weighted by molar-refractivity contribution is 0.578. The number of nitrogens with two attached hydrogens (primary N) is 1. The third-order valence-electron chi connectivity index (χ3n) is 3.35. The van der Waals surface area contributed by atoms with Crippen molar-refractivity contribution in [3.05, 3.63) is 29.8 Å². The third-order valence-corrected chi connectivity index (χ3v) is 3.35. The van der Waals surface area contributed by atoms with Crippen LogP contribution in [0.2, 0.25) is 0 Å². The molecule has 0 aliphatic carbocycles. The number of nitrogens with one attached hydrogen (secondary N) is 2. The number of piperidine rings is 1. The average Bonchev–Trinajstić information content (AvgIpc) is 2.46. The van der Waals surface area contributed by atoms with E-state index in [-0.39, 0.29) is 5.96 Å². The van der Waals surface area contributed by atoms with Crippen molar-refractivity contribution in [2.24, 2.45) is 10.8 Å². The van der Waals surface area contributed by atoms with Crippen LogP contribution in [0, 0.1) is 5.41 Å². The van der Waals surface area contributed by atoms with Crippen LogP contribution >= 0.6 is 0 Å². The van der Waals surface area contributed by atoms with E-state index in [1.54, 1.807) is 0 Å². The zero-order valence-corrected chi connectivity index (χ0v) is 11.3. The maximum Gasteiger partial charge on any atom is 0.206 e. The molecule has 0 saturated carbocycles. The molecule has 1 aliphatic heterocycles. The summed E-state index contributed by atoms with van der Waals surface area (Å²) in [4.78, 5) is 2.42. The normalized spacial score (nSPS) is 16.3. The quantitative estimate of drug-likeness (QED) is 0.440. The molecule has 0 atom stereocenters. The van der Waals surface area contributed by atoms with Gasteiger partial charge in [0.1, 0.15) is 0 Å². The van der Waals surface area contributed by atoms with Gasteiger partial charge in [0.25, 0.3) is 0 Å². The van der Waals surface area contributed by atoms with E-state index in [1.807, 2.05) is 6.92 Å². The first-order chi connectivity index (χ1) is 9.16. The van der Waals surface area contributed by atoms with Crippen molar-refractivity contribution >= 4 is 17.4 Å². The maximum absolute atomic E-state index is 7.07. The number of nitrogens with zero attached hydrogens (tertiary/aromatic N) is 2. The Balaban J connectivity index is 2.05. The Kier molecular flexibility index (Phi) is 4.39. The van der Waals surface area contributed by atoms with E-state index in [1.165, 1.54) is 24.9 Å². The summed E-state index contributed by atoms with van der Waals surface area (Å²) in [5, 5.41) is 11.1. The van der Waals surface area contributed by atoms with Gasteiger partial charge in [-0.1, -0.05) is 12.1 Å². The molecule has 1 aromatic carbocycles. The molecular weight excluding hydrogens is 238 g/mol. The molecule has 2 rings (SSSR count). The highest BCUT2D eigenvalue weighted by Gasteiger charge is 2.10. The molecule has 0 bridgehead atoms. The van der Waals surface area contributed by atoms with Gasteiger partial charge in [0.2, 0.25) is 5.96 Å². The van der Waals surface area contributed by atoms with Crippen LogP contribution in [0.4, 0.5) is 5.69 Å². The Morgan fingerprint density at radius 1 is 1.21 bits per heavy atom. The van der Waals surface area contributed by atoms with Crippen molar-refractivity contribution < 1.29 is 0 Å². The van der Waals surface area contributed by atoms with Crippen molar-refractivity contribution in [1.29, 1.82) is 5.41 Å². The molecule has 1 saturated heterocycles. The zero-order chi connectivity index (χ0) is 13.7. The molecular formula is C14H21N5. The van der Waals surface area contributed by atoms with Gasteiger partial charge >= 0.3 is 0 Å². The molecule has 0 radical (unpaired) electrons. The van der Waals surface area contributed by atoms with Crippen LogP contribution in [0.3, 0.4) is 0 Å². The van der Waals surface area contributed by atoms with Crippen LogP contribution in [0.5, 0.6) is 0 Å². The summed E-state index contributed by atoms with van der Waals surface area (Å²) >= 11 is 0. The molecule has 102 valence electrons. The Morgan fingerprint density at radius 2 is 1.84 bits per heavy atom. The van der Waals surface area contributed by atoms with Gasteiger partial charge in [-0.2, -0.15) is 5.10 Å². The number of benzene rings is 1. The Labute approximate surface area is 114 Å². The third kappa shape index (κ3) is 3.71. The largest absolute Gasteiger partial charge is 0.372 e. The van der Waals surface area contributed by atoms with Gasteiger partial charge < -0.3 is 10.6 Å². The summed E-state index contributed by atoms with van der Waals surface area (Å²) in [6.45, 7) is 4.20. The molecule has 1 aromatic rings. The minimum atomic E-state index is -0.149. The maximum atomic E-state index is 7.07. The molecule has 5 heteroatoms. The molecule has 1 fully saturated rings. The molecule has 0 aromatic heterocycles. The number of hydrogen-bond donors (Lipinski definition) is 3. The van der Waals surface area contributed by atoms with Crippen molar-refractivity contribution in [1.82, 2.24) is 5.43 Å². The van der Waals surface area contributed by atoms with Crippen LogP contribution in [0.25, 0.3) is 0 Å². The fourth-order valence-electron chi connectivity index (χ4n) is 2.27. The highest BCUT2D eigenvalue weighted by molar-refractivity contribution is 5.99. The van der Waals surface area contributed by atoms with E-state index in [9.17, 15) is 0 Å². The fraction of sp³-hybridized carbons (Fsp3) is 0.429. The van der Waals surface area contributed by atoms with Crippen molar-refractivity contribution in [3.63, 3.8) is 0 Å². The van der Waals surface area contributed by atoms with Gasteiger partial charge in [-0.05, 0) is 43.9 Å². The van der Waals surface area contributed by atoms with E-state index in [2.05, 4.69) is 39.7 Å². The SMILES string of the molecule is CC(=NNC(=N)N)c1ccc(N2CCCCC2)cc1. The Morgan fingerprint density at radius 3 is 2.42 bits per heavy atom. The van der Waals surface area contributed by atoms with E-state index in [0.717, 1.165) is 24.4 Å². The fourth-order valence-corrected chi connectivity index (χ4v) is 2.27. The average molecular weight is 259 g/mol.